The summed E-state index contributed by atoms with van der Waals surface area (Å²) in [6.45, 7) is 1.50. The van der Waals surface area contributed by atoms with Crippen molar-refractivity contribution in [3.63, 3.8) is 0 Å². The van der Waals surface area contributed by atoms with Crippen molar-refractivity contribution in [2.75, 3.05) is 88.7 Å². The third-order valence-corrected chi connectivity index (χ3v) is 24.2. The Balaban J connectivity index is 1.17. The lowest BCUT2D eigenvalue weighted by molar-refractivity contribution is -0.182. The minimum atomic E-state index is -5.10. The lowest BCUT2D eigenvalue weighted by atomic mass is 9.78. The maximum Gasteiger partial charge on any atom is 0.393 e. The first-order valence-corrected chi connectivity index (χ1v) is 37.6. The molecule has 0 aromatic rings. The van der Waals surface area contributed by atoms with Crippen molar-refractivity contribution in [2.45, 2.75) is 258 Å². The highest BCUT2D eigenvalue weighted by Crippen LogP contribution is 2.44. The molecule has 13 atom stereocenters. The summed E-state index contributed by atoms with van der Waals surface area (Å²) in [6.07, 6.45) is -3.56. The molecule has 4 heterocycles. The van der Waals surface area contributed by atoms with Gasteiger partial charge in [0.25, 0.3) is 0 Å². The van der Waals surface area contributed by atoms with Crippen molar-refractivity contribution in [2.24, 2.45) is 29.6 Å². The summed E-state index contributed by atoms with van der Waals surface area (Å²) >= 11 is 6.39. The highest BCUT2D eigenvalue weighted by molar-refractivity contribution is 6.21. The average molecular weight is 1490 g/mol. The number of halogens is 7. The molecule has 0 aromatic carbocycles. The largest absolute Gasteiger partial charge is 0.393 e. The van der Waals surface area contributed by atoms with Gasteiger partial charge in [0.05, 0.1) is 63.7 Å². The molecule has 2 bridgehead atoms. The molecule has 4 saturated heterocycles. The molecule has 8 fully saturated rings. The number of rotatable bonds is 10. The van der Waals surface area contributed by atoms with Gasteiger partial charge >= 0.3 is 12.4 Å². The molecule has 4 aliphatic heterocycles. The summed E-state index contributed by atoms with van der Waals surface area (Å²) in [4.78, 5) is 189. The second kappa shape index (κ2) is 35.3. The second-order valence-electron chi connectivity index (χ2n) is 30.9. The zero-order chi connectivity index (χ0) is 75.7. The van der Waals surface area contributed by atoms with E-state index in [2.05, 4.69) is 16.0 Å². The Morgan fingerprint density at radius 2 is 1.20 bits per heavy atom. The summed E-state index contributed by atoms with van der Waals surface area (Å²) in [6, 6.07) is -11.8. The van der Waals surface area contributed by atoms with Crippen LogP contribution in [0.3, 0.4) is 0 Å². The SMILES string of the molecule is CC[C@H](C)[C@@H]1NC(=O)[C@H](CC(F)(F)F)N(C)C(=O)C[C@@H](C(=O)N2C3CCC2COC3)N(C)C(=O)[C@H](C2CCCCC2)N(C)C(=O)C2(CCCC2)NC(=O)[C@@H]2CCCN2C(=O)[C@H](CCC2CCC(C(F)(F)F)C(Cl)C2)NC(=O)CN(C)C(=O)[C@H](CC2CCCC2)N(C)C(=O)CN(C)C(=O)CN(C)C1=O. The minimum absolute atomic E-state index is 0.0165. The average Bonchev–Trinajstić information content (AvgIpc) is 1.72. The van der Waals surface area contributed by atoms with E-state index >= 15 is 28.8 Å². The molecule has 0 aromatic heterocycles. The van der Waals surface area contributed by atoms with E-state index in [1.165, 1.54) is 61.9 Å². The van der Waals surface area contributed by atoms with Crippen LogP contribution in [0, 0.1) is 29.6 Å². The number of carbonyl (C=O) groups is 12. The van der Waals surface area contributed by atoms with Crippen molar-refractivity contribution in [1.82, 2.24) is 60.0 Å². The molecule has 12 amide bonds. The van der Waals surface area contributed by atoms with Crippen LogP contribution in [-0.4, -0.2) is 281 Å². The fourth-order valence-corrected chi connectivity index (χ4v) is 17.7. The Labute approximate surface area is 605 Å². The van der Waals surface area contributed by atoms with E-state index < -0.39 is 205 Å². The van der Waals surface area contributed by atoms with Gasteiger partial charge in [0.15, 0.2) is 0 Å². The third-order valence-electron chi connectivity index (χ3n) is 23.8. The van der Waals surface area contributed by atoms with Gasteiger partial charge in [-0.1, -0.05) is 78.1 Å². The Kier molecular flexibility index (Phi) is 28.1. The van der Waals surface area contributed by atoms with Gasteiger partial charge in [-0.05, 0) is 114 Å². The van der Waals surface area contributed by atoms with Crippen molar-refractivity contribution in [1.29, 1.82) is 0 Å². The number of nitrogens with zero attached hydrogens (tertiary/aromatic N) is 9. The predicted octanol–water partition coefficient (Wildman–Crippen LogP) is 5.38. The Hall–Kier alpha value is -6.53. The normalized spacial score (nSPS) is 31.5. The summed E-state index contributed by atoms with van der Waals surface area (Å²) in [7, 11) is 8.89. The van der Waals surface area contributed by atoms with Gasteiger partial charge < -0.3 is 64.8 Å². The number of likely N-dealkylation sites (N-methyl/N-ethyl adjacent to an activating group) is 7. The summed E-state index contributed by atoms with van der Waals surface area (Å²) in [5, 5.41) is 7.02. The Morgan fingerprint density at radius 1 is 0.602 bits per heavy atom. The Morgan fingerprint density at radius 3 is 1.81 bits per heavy atom. The monoisotopic (exact) mass is 1490 g/mol. The molecule has 0 radical (unpaired) electrons. The highest BCUT2D eigenvalue weighted by Gasteiger charge is 2.54. The van der Waals surface area contributed by atoms with Crippen LogP contribution in [0.4, 0.5) is 26.3 Å². The number of alkyl halides is 7. The van der Waals surface area contributed by atoms with Gasteiger partial charge in [-0.15, -0.1) is 11.6 Å². The first kappa shape index (κ1) is 82.1. The van der Waals surface area contributed by atoms with E-state index in [1.54, 1.807) is 13.8 Å². The number of amides is 12. The molecular weight excluding hydrogens is 1380 g/mol. The van der Waals surface area contributed by atoms with Crippen molar-refractivity contribution in [3.05, 3.63) is 0 Å². The minimum Gasteiger partial charge on any atom is -0.377 e. The van der Waals surface area contributed by atoms with E-state index in [-0.39, 0.29) is 89.9 Å². The molecular formula is C71H109ClF6N12O13. The predicted molar refractivity (Wildman–Crippen MR) is 365 cm³/mol. The van der Waals surface area contributed by atoms with Gasteiger partial charge in [-0.3, -0.25) is 57.5 Å². The molecule has 25 nitrogen and oxygen atoms in total. The standard InChI is InChI=1S/C71H109ClF6N12O13/c1-10-42(2)59-66(100)84(5)38-57(93)82(3)39-58(94)85(6)52(34-43-19-14-15-20-43)64(98)83(4)37-55(91)79-50(29-25-44-24-28-48(49(72)33-44)71(76,77)78)63(97)89-32-18-23-51(89)62(96)81-69(30-16-17-31-69)68(102)88(9)60(45-21-12-11-13-22-45)67(101)87(8)53(65(99)90-46-26-27-47(90)41-103-40-46)35-56(92)86(7)54(61(95)80-59)36-70(73,74)75/h42-54,59-60H,10-41H2,1-9H3,(H,79,91)(H,80,95)(H,81,96)/t42-,44?,46?,47?,48?,49?,50-,51-,52-,53-,54-,59-,60-/m0/s1. The summed E-state index contributed by atoms with van der Waals surface area (Å²) in [5.41, 5.74) is -1.66. The summed E-state index contributed by atoms with van der Waals surface area (Å²) < 4.78 is 92.5. The molecule has 4 aliphatic carbocycles. The first-order valence-electron chi connectivity index (χ1n) is 37.2. The fourth-order valence-electron chi connectivity index (χ4n) is 17.2. The molecule has 1 spiro atoms. The quantitative estimate of drug-likeness (QED) is 0.183. The number of carbonyl (C=O) groups excluding carboxylic acids is 12. The van der Waals surface area contributed by atoms with Gasteiger partial charge in [0.2, 0.25) is 70.9 Å². The number of hydrogen-bond donors (Lipinski definition) is 3. The highest BCUT2D eigenvalue weighted by atomic mass is 35.5. The van der Waals surface area contributed by atoms with Crippen LogP contribution >= 0.6 is 11.6 Å². The van der Waals surface area contributed by atoms with Gasteiger partial charge in [0.1, 0.15) is 47.8 Å². The Bertz CT molecular complexity index is 3060. The van der Waals surface area contributed by atoms with Crippen molar-refractivity contribution in [3.8, 4) is 0 Å². The topological polar surface area (TPSA) is 279 Å². The molecule has 8 rings (SSSR count). The number of ether oxygens (including phenoxy) is 1. The summed E-state index contributed by atoms with van der Waals surface area (Å²) in [5.74, 6) is -13.5. The lowest BCUT2D eigenvalue weighted by Crippen LogP contribution is -2.65. The third kappa shape index (κ3) is 20.0. The number of fused-ring (bicyclic) bond motifs is 3. The van der Waals surface area contributed by atoms with Crippen LogP contribution in [0.2, 0.25) is 0 Å². The second-order valence-corrected chi connectivity index (χ2v) is 31.4. The van der Waals surface area contributed by atoms with E-state index in [9.17, 15) is 55.1 Å². The zero-order valence-electron chi connectivity index (χ0n) is 61.3. The molecule has 3 N–H and O–H groups in total. The molecule has 5 unspecified atom stereocenters. The zero-order valence-corrected chi connectivity index (χ0v) is 62.0. The van der Waals surface area contributed by atoms with Crippen molar-refractivity contribution < 1.29 is 88.6 Å². The van der Waals surface area contributed by atoms with Crippen LogP contribution < -0.4 is 16.0 Å². The number of morpholine rings is 1. The van der Waals surface area contributed by atoms with E-state index in [1.807, 2.05) is 0 Å². The van der Waals surface area contributed by atoms with Crippen LogP contribution in [0.25, 0.3) is 0 Å². The van der Waals surface area contributed by atoms with E-state index in [4.69, 9.17) is 16.3 Å². The molecule has 8 aliphatic rings. The van der Waals surface area contributed by atoms with E-state index in [0.29, 0.717) is 62.7 Å². The van der Waals surface area contributed by atoms with Crippen molar-refractivity contribution >= 4 is 82.5 Å². The molecule has 32 heteroatoms. The number of nitrogens with one attached hydrogen (secondary N) is 3. The molecule has 4 saturated carbocycles. The first-order chi connectivity index (χ1) is 48.5. The maximum atomic E-state index is 15.9. The maximum absolute atomic E-state index is 15.9. The number of hydrogen-bond acceptors (Lipinski definition) is 13. The molecule has 103 heavy (non-hydrogen) atoms. The van der Waals surface area contributed by atoms with Gasteiger partial charge in [-0.2, -0.15) is 26.3 Å². The van der Waals surface area contributed by atoms with Crippen LogP contribution in [0.1, 0.15) is 181 Å². The van der Waals surface area contributed by atoms with E-state index in [0.717, 1.165) is 58.8 Å². The van der Waals surface area contributed by atoms with Gasteiger partial charge in [-0.25, -0.2) is 0 Å². The van der Waals surface area contributed by atoms with Crippen LogP contribution in [-0.2, 0) is 62.3 Å². The lowest BCUT2D eigenvalue weighted by Gasteiger charge is -2.44. The van der Waals surface area contributed by atoms with Gasteiger partial charge in [0, 0.05) is 61.3 Å². The fraction of sp³-hybridized carbons (Fsp3) is 0.831. The van der Waals surface area contributed by atoms with Crippen LogP contribution in [0.5, 0.6) is 0 Å². The smallest absolute Gasteiger partial charge is 0.377 e. The molecule has 580 valence electrons. The van der Waals surface area contributed by atoms with Crippen LogP contribution in [0.15, 0.2) is 0 Å².